The van der Waals surface area contributed by atoms with Crippen LogP contribution in [0.5, 0.6) is 0 Å². The number of thiazole rings is 1. The van der Waals surface area contributed by atoms with Crippen molar-refractivity contribution >= 4 is 71.2 Å². The van der Waals surface area contributed by atoms with E-state index in [1.54, 1.807) is 11.8 Å². The summed E-state index contributed by atoms with van der Waals surface area (Å²) in [5.74, 6) is 1.23. The molecule has 1 aliphatic rings. The number of aliphatic imine (C=N–C) groups is 2. The molecule has 0 aliphatic carbocycles. The van der Waals surface area contributed by atoms with E-state index in [1.807, 2.05) is 5.38 Å². The van der Waals surface area contributed by atoms with Crippen LogP contribution in [0, 0.1) is 0 Å². The normalized spacial score (nSPS) is 16.6. The van der Waals surface area contributed by atoms with Crippen molar-refractivity contribution in [3.05, 3.63) is 29.3 Å². The first-order valence-corrected chi connectivity index (χ1v) is 14.0. The second-order valence-corrected chi connectivity index (χ2v) is 11.9. The summed E-state index contributed by atoms with van der Waals surface area (Å²) < 4.78 is 50.1. The molecule has 3 rings (SSSR count). The Labute approximate surface area is 185 Å². The number of hydrogen-bond acceptors (Lipinski definition) is 10. The fraction of sp³-hybridized carbons (Fsp3) is 0.214. The zero-order chi connectivity index (χ0) is 21.9. The van der Waals surface area contributed by atoms with Gasteiger partial charge in [-0.2, -0.15) is 16.8 Å². The van der Waals surface area contributed by atoms with Crippen molar-refractivity contribution in [2.24, 2.45) is 26.6 Å². The second kappa shape index (κ2) is 9.11. The summed E-state index contributed by atoms with van der Waals surface area (Å²) in [6.07, 6.45) is 0. The number of amidine groups is 1. The fourth-order valence-electron chi connectivity index (χ4n) is 2.23. The molecule has 2 aromatic rings. The number of sulfonamides is 2. The van der Waals surface area contributed by atoms with Crippen molar-refractivity contribution in [2.75, 3.05) is 12.3 Å². The molecule has 0 spiro atoms. The highest BCUT2D eigenvalue weighted by molar-refractivity contribution is 8.16. The third-order valence-corrected chi connectivity index (χ3v) is 8.77. The standard InChI is InChI=1S/C14H17N7O4S5/c15-12(16)20-14-19-8(7-27-14)6-26-4-3-18-13-21-30(24,25)11-5-9(29(17,22)23)1-2-10(11)28-13/h1-2,5,7H,3-4,6H2,(H,18,21)(H2,17,22,23)(H4,15,16,19,20). The predicted molar refractivity (Wildman–Crippen MR) is 120 cm³/mol. The number of nitrogens with one attached hydrogen (secondary N) is 1. The van der Waals surface area contributed by atoms with Gasteiger partial charge in [-0.05, 0) is 18.2 Å². The van der Waals surface area contributed by atoms with Crippen LogP contribution in [0.25, 0.3) is 0 Å². The molecule has 0 bridgehead atoms. The molecule has 11 nitrogen and oxygen atoms in total. The van der Waals surface area contributed by atoms with Crippen molar-refractivity contribution in [1.82, 2.24) is 9.71 Å². The van der Waals surface area contributed by atoms with Crippen LogP contribution >= 0.6 is 34.9 Å². The maximum absolute atomic E-state index is 12.4. The topological polar surface area (TPSA) is 196 Å². The Morgan fingerprint density at radius 2 is 2.07 bits per heavy atom. The number of nitrogens with zero attached hydrogens (tertiary/aromatic N) is 3. The molecule has 0 atom stereocenters. The van der Waals surface area contributed by atoms with Gasteiger partial charge >= 0.3 is 0 Å². The predicted octanol–water partition coefficient (Wildman–Crippen LogP) is 0.369. The monoisotopic (exact) mass is 507 g/mol. The van der Waals surface area contributed by atoms with Gasteiger partial charge in [0, 0.05) is 21.8 Å². The highest BCUT2D eigenvalue weighted by atomic mass is 32.2. The molecular weight excluding hydrogens is 491 g/mol. The lowest BCUT2D eigenvalue weighted by Crippen LogP contribution is -2.33. The van der Waals surface area contributed by atoms with Crippen LogP contribution in [-0.4, -0.2) is 45.2 Å². The zero-order valence-corrected chi connectivity index (χ0v) is 19.3. The van der Waals surface area contributed by atoms with E-state index in [0.29, 0.717) is 28.1 Å². The van der Waals surface area contributed by atoms with Crippen LogP contribution in [0.3, 0.4) is 0 Å². The number of aromatic nitrogens is 1. The number of primary sulfonamides is 1. The Kier molecular flexibility index (Phi) is 6.93. The number of hydrogen-bond donors (Lipinski definition) is 4. The van der Waals surface area contributed by atoms with Gasteiger partial charge in [-0.25, -0.2) is 27.0 Å². The average molecular weight is 508 g/mol. The first-order valence-electron chi connectivity index (χ1n) is 8.08. The van der Waals surface area contributed by atoms with Gasteiger partial charge in [0.25, 0.3) is 10.0 Å². The first kappa shape index (κ1) is 22.8. The fourth-order valence-corrected chi connectivity index (χ4v) is 7.01. The first-order chi connectivity index (χ1) is 14.0. The summed E-state index contributed by atoms with van der Waals surface area (Å²) in [5, 5.41) is 7.63. The third kappa shape index (κ3) is 5.86. The lowest BCUT2D eigenvalue weighted by molar-refractivity contribution is 0.589. The van der Waals surface area contributed by atoms with Gasteiger partial charge in [0.2, 0.25) is 15.2 Å². The van der Waals surface area contributed by atoms with Crippen molar-refractivity contribution < 1.29 is 16.8 Å². The van der Waals surface area contributed by atoms with Crippen LogP contribution in [0.15, 0.2) is 48.3 Å². The molecular formula is C14H17N7O4S5. The number of thioether (sulfide) groups is 2. The molecule has 7 N–H and O–H groups in total. The van der Waals surface area contributed by atoms with Crippen LogP contribution in [0.1, 0.15) is 5.69 Å². The Hall–Kier alpha value is -1.85. The van der Waals surface area contributed by atoms with E-state index in [2.05, 4.69) is 19.7 Å². The van der Waals surface area contributed by atoms with Gasteiger partial charge in [-0.1, -0.05) is 11.8 Å². The molecule has 162 valence electrons. The second-order valence-electron chi connectivity index (χ2n) is 5.76. The molecule has 0 saturated carbocycles. The van der Waals surface area contributed by atoms with E-state index < -0.39 is 20.0 Å². The minimum Gasteiger partial charge on any atom is -0.370 e. The van der Waals surface area contributed by atoms with Crippen molar-refractivity contribution in [3.63, 3.8) is 0 Å². The Morgan fingerprint density at radius 3 is 2.77 bits per heavy atom. The van der Waals surface area contributed by atoms with Crippen LogP contribution in [0.4, 0.5) is 5.13 Å². The van der Waals surface area contributed by atoms with Gasteiger partial charge in [-0.15, -0.1) is 11.3 Å². The lowest BCUT2D eigenvalue weighted by Gasteiger charge is -2.19. The van der Waals surface area contributed by atoms with Crippen LogP contribution < -0.4 is 21.3 Å². The Balaban J connectivity index is 1.59. The number of benzene rings is 1. The molecule has 0 fully saturated rings. The molecule has 30 heavy (non-hydrogen) atoms. The average Bonchev–Trinajstić information content (AvgIpc) is 3.06. The largest absolute Gasteiger partial charge is 0.370 e. The highest BCUT2D eigenvalue weighted by Gasteiger charge is 2.29. The molecule has 0 unspecified atom stereocenters. The van der Waals surface area contributed by atoms with Crippen molar-refractivity contribution in [3.8, 4) is 0 Å². The van der Waals surface area contributed by atoms with Gasteiger partial charge in [0.15, 0.2) is 11.1 Å². The molecule has 0 radical (unpaired) electrons. The van der Waals surface area contributed by atoms with Gasteiger partial charge in [0.1, 0.15) is 4.90 Å². The molecule has 2 heterocycles. The highest BCUT2D eigenvalue weighted by Crippen LogP contribution is 2.33. The maximum atomic E-state index is 12.4. The molecule has 0 saturated heterocycles. The van der Waals surface area contributed by atoms with E-state index in [9.17, 15) is 16.8 Å². The zero-order valence-electron chi connectivity index (χ0n) is 15.2. The van der Waals surface area contributed by atoms with Crippen LogP contribution in [-0.2, 0) is 25.8 Å². The molecule has 1 aliphatic heterocycles. The summed E-state index contributed by atoms with van der Waals surface area (Å²) in [6.45, 7) is 0.380. The van der Waals surface area contributed by atoms with Crippen molar-refractivity contribution in [2.45, 2.75) is 20.4 Å². The van der Waals surface area contributed by atoms with E-state index in [-0.39, 0.29) is 20.9 Å². The minimum atomic E-state index is -4.01. The van der Waals surface area contributed by atoms with Crippen molar-refractivity contribution in [1.29, 1.82) is 0 Å². The summed E-state index contributed by atoms with van der Waals surface area (Å²) in [4.78, 5) is 12.4. The molecule has 0 amide bonds. The summed E-state index contributed by atoms with van der Waals surface area (Å²) >= 11 is 4.02. The van der Waals surface area contributed by atoms with Crippen LogP contribution in [0.2, 0.25) is 0 Å². The quantitative estimate of drug-likeness (QED) is 0.232. The van der Waals surface area contributed by atoms with E-state index in [4.69, 9.17) is 16.6 Å². The smallest absolute Gasteiger partial charge is 0.264 e. The molecule has 1 aromatic heterocycles. The third-order valence-electron chi connectivity index (χ3n) is 3.47. The lowest BCUT2D eigenvalue weighted by atomic mass is 10.4. The summed E-state index contributed by atoms with van der Waals surface area (Å²) in [7, 11) is -7.94. The molecule has 16 heteroatoms. The van der Waals surface area contributed by atoms with E-state index >= 15 is 0 Å². The van der Waals surface area contributed by atoms with E-state index in [0.717, 1.165) is 23.5 Å². The SMILES string of the molecule is NC(N)=Nc1nc(CSCCN=C2NS(=O)(=O)c3cc(S(N)(=O)=O)ccc3S2)cs1. The van der Waals surface area contributed by atoms with E-state index in [1.165, 1.54) is 23.5 Å². The minimum absolute atomic E-state index is 0.0470. The number of nitrogens with two attached hydrogens (primary N) is 3. The number of fused-ring (bicyclic) bond motifs is 1. The van der Waals surface area contributed by atoms with Gasteiger partial charge < -0.3 is 11.5 Å². The van der Waals surface area contributed by atoms with Gasteiger partial charge in [-0.3, -0.25) is 9.71 Å². The number of rotatable bonds is 7. The maximum Gasteiger partial charge on any atom is 0.264 e. The molecule has 1 aromatic carbocycles. The summed E-state index contributed by atoms with van der Waals surface area (Å²) in [6, 6.07) is 3.70. The Bertz CT molecular complexity index is 1220. The summed E-state index contributed by atoms with van der Waals surface area (Å²) in [5.41, 5.74) is 11.5. The van der Waals surface area contributed by atoms with Gasteiger partial charge in [0.05, 0.1) is 17.1 Å². The number of guanidine groups is 1. The Morgan fingerprint density at radius 1 is 1.30 bits per heavy atom.